The van der Waals surface area contributed by atoms with Gasteiger partial charge in [0.25, 0.3) is 0 Å². The van der Waals surface area contributed by atoms with E-state index in [0.717, 1.165) is 6.61 Å². The lowest BCUT2D eigenvalue weighted by molar-refractivity contribution is 0.298. The van der Waals surface area contributed by atoms with Crippen LogP contribution in [0.1, 0.15) is 38.5 Å². The number of hydrogen-bond acceptors (Lipinski definition) is 1. The Morgan fingerprint density at radius 3 is 2.14 bits per heavy atom. The van der Waals surface area contributed by atoms with Crippen molar-refractivity contribution < 1.29 is 4.43 Å². The Morgan fingerprint density at radius 1 is 1.00 bits per heavy atom. The predicted molar refractivity (Wildman–Crippen MR) is 67.2 cm³/mol. The van der Waals surface area contributed by atoms with Gasteiger partial charge in [0.05, 0.1) is 0 Å². The summed E-state index contributed by atoms with van der Waals surface area (Å²) in [6.07, 6.45) is 9.74. The van der Waals surface area contributed by atoms with Crippen LogP contribution in [0.5, 0.6) is 0 Å². The van der Waals surface area contributed by atoms with Crippen LogP contribution in [0, 0.1) is 0 Å². The first kappa shape index (κ1) is 13.9. The van der Waals surface area contributed by atoms with Gasteiger partial charge in [-0.05, 0) is 38.9 Å². The highest BCUT2D eigenvalue weighted by Gasteiger charge is 2.12. The zero-order valence-electron chi connectivity index (χ0n) is 10.1. The second kappa shape index (κ2) is 8.24. The van der Waals surface area contributed by atoms with E-state index in [2.05, 4.69) is 26.2 Å². The van der Waals surface area contributed by atoms with E-state index in [-0.39, 0.29) is 0 Å². The molecule has 0 unspecified atom stereocenters. The Morgan fingerprint density at radius 2 is 1.57 bits per heavy atom. The number of rotatable bonds is 9. The van der Waals surface area contributed by atoms with Crippen molar-refractivity contribution in [3.63, 3.8) is 0 Å². The van der Waals surface area contributed by atoms with Crippen molar-refractivity contribution in [1.29, 1.82) is 0 Å². The average molecular weight is 214 g/mol. The molecular weight excluding hydrogens is 188 g/mol. The molecule has 0 rings (SSSR count). The molecule has 0 aromatic rings. The van der Waals surface area contributed by atoms with Crippen LogP contribution in [0.25, 0.3) is 0 Å². The second-order valence-electron chi connectivity index (χ2n) is 4.81. The molecule has 1 nitrogen and oxygen atoms in total. The molecule has 0 N–H and O–H groups in total. The summed E-state index contributed by atoms with van der Waals surface area (Å²) in [6, 6.07) is 0. The molecule has 0 spiro atoms. The summed E-state index contributed by atoms with van der Waals surface area (Å²) in [4.78, 5) is 0. The maximum Gasteiger partial charge on any atom is 0.183 e. The van der Waals surface area contributed by atoms with Crippen LogP contribution >= 0.6 is 0 Å². The summed E-state index contributed by atoms with van der Waals surface area (Å²) in [5.41, 5.74) is 0. The van der Waals surface area contributed by atoms with E-state index in [9.17, 15) is 0 Å². The van der Waals surface area contributed by atoms with E-state index < -0.39 is 8.32 Å². The van der Waals surface area contributed by atoms with Crippen LogP contribution in [0.2, 0.25) is 19.6 Å². The van der Waals surface area contributed by atoms with Crippen LogP contribution in [0.15, 0.2) is 12.7 Å². The SMILES string of the molecule is C=CCCCCCCCO[Si](C)(C)C. The van der Waals surface area contributed by atoms with Crippen LogP contribution in [0.3, 0.4) is 0 Å². The van der Waals surface area contributed by atoms with Crippen molar-refractivity contribution in [3.8, 4) is 0 Å². The second-order valence-corrected chi connectivity index (χ2v) is 9.32. The number of unbranched alkanes of at least 4 members (excludes halogenated alkanes) is 5. The van der Waals surface area contributed by atoms with Gasteiger partial charge in [0.15, 0.2) is 8.32 Å². The van der Waals surface area contributed by atoms with Crippen LogP contribution in [-0.4, -0.2) is 14.9 Å². The molecule has 0 saturated heterocycles. The lowest BCUT2D eigenvalue weighted by Gasteiger charge is -2.16. The Balaban J connectivity index is 3.03. The zero-order chi connectivity index (χ0) is 10.9. The molecule has 0 aromatic carbocycles. The minimum absolute atomic E-state index is 0.969. The van der Waals surface area contributed by atoms with E-state index in [0.29, 0.717) is 0 Å². The van der Waals surface area contributed by atoms with E-state index in [1.54, 1.807) is 0 Å². The van der Waals surface area contributed by atoms with Crippen LogP contribution < -0.4 is 0 Å². The fourth-order valence-electron chi connectivity index (χ4n) is 1.30. The highest BCUT2D eigenvalue weighted by Crippen LogP contribution is 2.08. The van der Waals surface area contributed by atoms with Gasteiger partial charge in [0, 0.05) is 6.61 Å². The molecule has 0 aliphatic carbocycles. The maximum atomic E-state index is 5.78. The topological polar surface area (TPSA) is 9.23 Å². The van der Waals surface area contributed by atoms with Crippen LogP contribution in [-0.2, 0) is 4.43 Å². The van der Waals surface area contributed by atoms with Crippen molar-refractivity contribution in [2.24, 2.45) is 0 Å². The largest absolute Gasteiger partial charge is 0.418 e. The monoisotopic (exact) mass is 214 g/mol. The molecule has 0 bridgehead atoms. The van der Waals surface area contributed by atoms with Gasteiger partial charge in [0.2, 0.25) is 0 Å². The molecule has 2 heteroatoms. The highest BCUT2D eigenvalue weighted by molar-refractivity contribution is 6.69. The minimum atomic E-state index is -1.25. The van der Waals surface area contributed by atoms with Gasteiger partial charge in [-0.3, -0.25) is 0 Å². The Kier molecular flexibility index (Phi) is 8.19. The molecular formula is C12H26OSi. The maximum absolute atomic E-state index is 5.78. The van der Waals surface area contributed by atoms with Gasteiger partial charge in [-0.25, -0.2) is 0 Å². The summed E-state index contributed by atoms with van der Waals surface area (Å²) < 4.78 is 5.78. The van der Waals surface area contributed by atoms with E-state index in [1.807, 2.05) is 6.08 Å². The molecule has 0 aliphatic rings. The first-order valence-corrected chi connectivity index (χ1v) is 9.22. The lowest BCUT2D eigenvalue weighted by atomic mass is 10.1. The Bertz CT molecular complexity index is 138. The Hall–Kier alpha value is -0.0831. The zero-order valence-corrected chi connectivity index (χ0v) is 11.1. The summed E-state index contributed by atoms with van der Waals surface area (Å²) in [5, 5.41) is 0. The highest BCUT2D eigenvalue weighted by atomic mass is 28.4. The van der Waals surface area contributed by atoms with Gasteiger partial charge in [-0.15, -0.1) is 6.58 Å². The number of allylic oxidation sites excluding steroid dienone is 1. The molecule has 0 atom stereocenters. The van der Waals surface area contributed by atoms with Crippen molar-refractivity contribution in [2.75, 3.05) is 6.61 Å². The summed E-state index contributed by atoms with van der Waals surface area (Å²) in [5.74, 6) is 0. The summed E-state index contributed by atoms with van der Waals surface area (Å²) in [7, 11) is -1.25. The lowest BCUT2D eigenvalue weighted by Crippen LogP contribution is -2.25. The minimum Gasteiger partial charge on any atom is -0.418 e. The fourth-order valence-corrected chi connectivity index (χ4v) is 2.06. The summed E-state index contributed by atoms with van der Waals surface area (Å²) in [6.45, 7) is 11.4. The molecule has 0 radical (unpaired) electrons. The molecule has 0 amide bonds. The van der Waals surface area contributed by atoms with Gasteiger partial charge < -0.3 is 4.43 Å². The van der Waals surface area contributed by atoms with E-state index in [4.69, 9.17) is 4.43 Å². The first-order chi connectivity index (χ1) is 6.56. The normalized spacial score (nSPS) is 11.6. The van der Waals surface area contributed by atoms with Crippen molar-refractivity contribution in [1.82, 2.24) is 0 Å². The Labute approximate surface area is 90.7 Å². The van der Waals surface area contributed by atoms with Gasteiger partial charge in [0.1, 0.15) is 0 Å². The third-order valence-electron chi connectivity index (χ3n) is 2.09. The number of hydrogen-bond donors (Lipinski definition) is 0. The van der Waals surface area contributed by atoms with E-state index >= 15 is 0 Å². The molecule has 0 aromatic heterocycles. The van der Waals surface area contributed by atoms with Crippen LogP contribution in [0.4, 0.5) is 0 Å². The van der Waals surface area contributed by atoms with Crippen molar-refractivity contribution in [2.45, 2.75) is 58.2 Å². The first-order valence-electron chi connectivity index (χ1n) is 5.81. The molecule has 0 aliphatic heterocycles. The van der Waals surface area contributed by atoms with Gasteiger partial charge in [-0.2, -0.15) is 0 Å². The third-order valence-corrected chi connectivity index (χ3v) is 3.16. The van der Waals surface area contributed by atoms with E-state index in [1.165, 1.54) is 38.5 Å². The standard InChI is InChI=1S/C12H26OSi/c1-5-6-7-8-9-10-11-12-13-14(2,3)4/h5H,1,6-12H2,2-4H3. The van der Waals surface area contributed by atoms with Crippen molar-refractivity contribution in [3.05, 3.63) is 12.7 Å². The quantitative estimate of drug-likeness (QED) is 0.315. The molecule has 84 valence electrons. The van der Waals surface area contributed by atoms with Crippen molar-refractivity contribution >= 4 is 8.32 Å². The smallest absolute Gasteiger partial charge is 0.183 e. The fraction of sp³-hybridized carbons (Fsp3) is 0.833. The van der Waals surface area contributed by atoms with Gasteiger partial charge in [-0.1, -0.05) is 25.3 Å². The molecule has 0 saturated carbocycles. The average Bonchev–Trinajstić information content (AvgIpc) is 2.08. The third kappa shape index (κ3) is 11.9. The van der Waals surface area contributed by atoms with Gasteiger partial charge >= 0.3 is 0 Å². The summed E-state index contributed by atoms with van der Waals surface area (Å²) >= 11 is 0. The molecule has 14 heavy (non-hydrogen) atoms. The molecule has 0 heterocycles. The molecule has 0 fully saturated rings. The predicted octanol–water partition coefficient (Wildman–Crippen LogP) is 4.36.